The molecule has 3 rings (SSSR count). The van der Waals surface area contributed by atoms with Gasteiger partial charge in [-0.15, -0.1) is 11.3 Å². The summed E-state index contributed by atoms with van der Waals surface area (Å²) < 4.78 is 6.63. The van der Waals surface area contributed by atoms with E-state index in [2.05, 4.69) is 0 Å². The summed E-state index contributed by atoms with van der Waals surface area (Å²) in [5, 5.41) is 10.6. The molecule has 3 nitrogen and oxygen atoms in total. The topological polar surface area (TPSA) is 46.5 Å². The molecule has 0 radical (unpaired) electrons. The highest BCUT2D eigenvalue weighted by Gasteiger charge is 2.11. The fourth-order valence-corrected chi connectivity index (χ4v) is 3.19. The molecule has 0 fully saturated rings. The molecule has 0 bridgehead atoms. The van der Waals surface area contributed by atoms with Crippen molar-refractivity contribution >= 4 is 39.0 Å². The van der Waals surface area contributed by atoms with E-state index in [1.165, 1.54) is 11.3 Å². The Kier molecular flexibility index (Phi) is 3.82. The number of halogens is 1. The number of hydrogen-bond donors (Lipinski definition) is 1. The van der Waals surface area contributed by atoms with E-state index in [4.69, 9.17) is 16.3 Å². The zero-order valence-corrected chi connectivity index (χ0v) is 12.4. The van der Waals surface area contributed by atoms with Crippen molar-refractivity contribution in [2.75, 3.05) is 0 Å². The van der Waals surface area contributed by atoms with Crippen LogP contribution < -0.4 is 4.74 Å². The average molecular weight is 319 g/mol. The van der Waals surface area contributed by atoms with Gasteiger partial charge in [0.1, 0.15) is 12.4 Å². The van der Waals surface area contributed by atoms with Crippen LogP contribution in [0.2, 0.25) is 5.02 Å². The number of hydrogen-bond acceptors (Lipinski definition) is 3. The summed E-state index contributed by atoms with van der Waals surface area (Å²) in [6, 6.07) is 14.3. The summed E-state index contributed by atoms with van der Waals surface area (Å²) in [5.74, 6) is -0.182. The molecule has 0 aliphatic carbocycles. The Bertz CT molecular complexity index is 793. The number of carboxylic acids is 1. The summed E-state index contributed by atoms with van der Waals surface area (Å²) in [7, 11) is 0. The van der Waals surface area contributed by atoms with Crippen molar-refractivity contribution in [2.24, 2.45) is 0 Å². The van der Waals surface area contributed by atoms with E-state index >= 15 is 0 Å². The SMILES string of the molecule is O=C(O)c1cccc2sc(COc3ccc(Cl)cc3)cc12. The molecule has 106 valence electrons. The third-order valence-electron chi connectivity index (χ3n) is 3.04. The molecule has 3 aromatic rings. The van der Waals surface area contributed by atoms with Gasteiger partial charge in [0.05, 0.1) is 5.56 Å². The summed E-state index contributed by atoms with van der Waals surface area (Å²) in [6.45, 7) is 0.403. The van der Waals surface area contributed by atoms with Crippen molar-refractivity contribution in [3.63, 3.8) is 0 Å². The van der Waals surface area contributed by atoms with Gasteiger partial charge in [0.25, 0.3) is 0 Å². The summed E-state index contributed by atoms with van der Waals surface area (Å²) in [4.78, 5) is 12.2. The van der Waals surface area contributed by atoms with Gasteiger partial charge < -0.3 is 9.84 Å². The number of ether oxygens (including phenoxy) is 1. The van der Waals surface area contributed by atoms with E-state index in [1.54, 1.807) is 36.4 Å². The summed E-state index contributed by atoms with van der Waals surface area (Å²) in [5.41, 5.74) is 0.321. The molecule has 0 spiro atoms. The van der Waals surface area contributed by atoms with Crippen LogP contribution in [-0.4, -0.2) is 11.1 Å². The van der Waals surface area contributed by atoms with Gasteiger partial charge in [0.2, 0.25) is 0 Å². The Hall–Kier alpha value is -2.04. The number of aromatic carboxylic acids is 1. The van der Waals surface area contributed by atoms with E-state index in [0.29, 0.717) is 17.2 Å². The van der Waals surface area contributed by atoms with Crippen LogP contribution in [0.5, 0.6) is 5.75 Å². The van der Waals surface area contributed by atoms with Crippen molar-refractivity contribution in [3.05, 3.63) is 64.0 Å². The molecule has 0 unspecified atom stereocenters. The Morgan fingerprint density at radius 1 is 1.19 bits per heavy atom. The first kappa shape index (κ1) is 13.9. The summed E-state index contributed by atoms with van der Waals surface area (Å²) in [6.07, 6.45) is 0. The number of fused-ring (bicyclic) bond motifs is 1. The number of thiophene rings is 1. The largest absolute Gasteiger partial charge is 0.488 e. The van der Waals surface area contributed by atoms with Crippen molar-refractivity contribution in [1.29, 1.82) is 0 Å². The average Bonchev–Trinajstić information content (AvgIpc) is 2.89. The molecule has 2 aromatic carbocycles. The van der Waals surface area contributed by atoms with Gasteiger partial charge in [-0.1, -0.05) is 17.7 Å². The number of carboxylic acid groups (broad SMARTS) is 1. The molecule has 0 atom stereocenters. The standard InChI is InChI=1S/C16H11ClO3S/c17-10-4-6-11(7-5-10)20-9-12-8-14-13(16(18)19)2-1-3-15(14)21-12/h1-8H,9H2,(H,18,19). The van der Waals surface area contributed by atoms with Gasteiger partial charge in [-0.25, -0.2) is 4.79 Å². The number of carbonyl (C=O) groups is 1. The lowest BCUT2D eigenvalue weighted by Crippen LogP contribution is -1.95. The van der Waals surface area contributed by atoms with Crippen LogP contribution in [-0.2, 0) is 6.61 Å². The Balaban J connectivity index is 1.83. The van der Waals surface area contributed by atoms with Gasteiger partial charge >= 0.3 is 5.97 Å². The van der Waals surface area contributed by atoms with Crippen LogP contribution >= 0.6 is 22.9 Å². The van der Waals surface area contributed by atoms with Gasteiger partial charge in [0.15, 0.2) is 0 Å². The molecule has 0 saturated carbocycles. The van der Waals surface area contributed by atoms with Gasteiger partial charge in [-0.3, -0.25) is 0 Å². The van der Waals surface area contributed by atoms with Crippen molar-refractivity contribution in [1.82, 2.24) is 0 Å². The Morgan fingerprint density at radius 3 is 2.67 bits per heavy atom. The molecule has 0 amide bonds. The highest BCUT2D eigenvalue weighted by molar-refractivity contribution is 7.19. The molecule has 0 saturated heterocycles. The first-order valence-electron chi connectivity index (χ1n) is 6.26. The van der Waals surface area contributed by atoms with Crippen LogP contribution in [0.25, 0.3) is 10.1 Å². The molecule has 0 aliphatic rings. The second-order valence-electron chi connectivity index (χ2n) is 4.48. The predicted octanol–water partition coefficient (Wildman–Crippen LogP) is 4.83. The fraction of sp³-hybridized carbons (Fsp3) is 0.0625. The third kappa shape index (κ3) is 3.01. The summed E-state index contributed by atoms with van der Waals surface area (Å²) >= 11 is 7.36. The van der Waals surface area contributed by atoms with Crippen LogP contribution in [0.15, 0.2) is 48.5 Å². The first-order chi connectivity index (χ1) is 10.1. The smallest absolute Gasteiger partial charge is 0.336 e. The lowest BCUT2D eigenvalue weighted by atomic mass is 10.1. The fourth-order valence-electron chi connectivity index (χ4n) is 2.06. The van der Waals surface area contributed by atoms with E-state index in [-0.39, 0.29) is 0 Å². The zero-order chi connectivity index (χ0) is 14.8. The van der Waals surface area contributed by atoms with E-state index < -0.39 is 5.97 Å². The zero-order valence-electron chi connectivity index (χ0n) is 10.9. The minimum Gasteiger partial charge on any atom is -0.488 e. The van der Waals surface area contributed by atoms with Crippen LogP contribution in [0.4, 0.5) is 0 Å². The molecule has 5 heteroatoms. The lowest BCUT2D eigenvalue weighted by molar-refractivity contribution is 0.0699. The van der Waals surface area contributed by atoms with Crippen molar-refractivity contribution < 1.29 is 14.6 Å². The monoisotopic (exact) mass is 318 g/mol. The first-order valence-corrected chi connectivity index (χ1v) is 7.46. The van der Waals surface area contributed by atoms with Gasteiger partial charge in [-0.2, -0.15) is 0 Å². The maximum absolute atomic E-state index is 11.2. The normalized spacial score (nSPS) is 10.7. The lowest BCUT2D eigenvalue weighted by Gasteiger charge is -2.03. The van der Waals surface area contributed by atoms with Crippen LogP contribution in [0.1, 0.15) is 15.2 Å². The molecule has 1 heterocycles. The number of benzene rings is 2. The van der Waals surface area contributed by atoms with Crippen molar-refractivity contribution in [3.8, 4) is 5.75 Å². The predicted molar refractivity (Wildman–Crippen MR) is 84.6 cm³/mol. The van der Waals surface area contributed by atoms with Gasteiger partial charge in [0, 0.05) is 20.0 Å². The maximum atomic E-state index is 11.2. The molecule has 1 N–H and O–H groups in total. The molecular weight excluding hydrogens is 308 g/mol. The molecule has 0 aliphatic heterocycles. The molecule has 21 heavy (non-hydrogen) atoms. The second kappa shape index (κ2) is 5.76. The Morgan fingerprint density at radius 2 is 1.95 bits per heavy atom. The van der Waals surface area contributed by atoms with Gasteiger partial charge in [-0.05, 0) is 42.5 Å². The maximum Gasteiger partial charge on any atom is 0.336 e. The second-order valence-corrected chi connectivity index (χ2v) is 6.08. The molecule has 1 aromatic heterocycles. The minimum atomic E-state index is -0.913. The molecular formula is C16H11ClO3S. The van der Waals surface area contributed by atoms with E-state index in [1.807, 2.05) is 12.1 Å². The van der Waals surface area contributed by atoms with Crippen molar-refractivity contribution in [2.45, 2.75) is 6.61 Å². The minimum absolute atomic E-state index is 0.321. The highest BCUT2D eigenvalue weighted by atomic mass is 35.5. The Labute approximate surface area is 130 Å². The van der Waals surface area contributed by atoms with Crippen LogP contribution in [0, 0.1) is 0 Å². The van der Waals surface area contributed by atoms with E-state index in [9.17, 15) is 9.90 Å². The third-order valence-corrected chi connectivity index (χ3v) is 4.36. The number of rotatable bonds is 4. The van der Waals surface area contributed by atoms with Crippen LogP contribution in [0.3, 0.4) is 0 Å². The van der Waals surface area contributed by atoms with E-state index in [0.717, 1.165) is 20.7 Å². The quantitative estimate of drug-likeness (QED) is 0.749. The highest BCUT2D eigenvalue weighted by Crippen LogP contribution is 2.29.